The number of nitrogens with zero attached hydrogens (tertiary/aromatic N) is 2. The molecule has 6 heteroatoms. The topological polar surface area (TPSA) is 53.1 Å². The maximum absolute atomic E-state index is 13.1. The Kier molecular flexibility index (Phi) is 4.09. The highest BCUT2D eigenvalue weighted by atomic mass is 79.9. The van der Waals surface area contributed by atoms with Gasteiger partial charge in [0.25, 0.3) is 0 Å². The van der Waals surface area contributed by atoms with Crippen LogP contribution < -0.4 is 10.5 Å². The van der Waals surface area contributed by atoms with Gasteiger partial charge in [0.15, 0.2) is 5.75 Å². The monoisotopic (exact) mass is 327 g/mol. The quantitative estimate of drug-likeness (QED) is 0.874. The summed E-state index contributed by atoms with van der Waals surface area (Å²) < 4.78 is 21.0. The molecule has 0 aliphatic carbocycles. The van der Waals surface area contributed by atoms with Crippen molar-refractivity contribution in [1.82, 2.24) is 9.78 Å². The van der Waals surface area contributed by atoms with Crippen LogP contribution in [0.4, 0.5) is 10.1 Å². The summed E-state index contributed by atoms with van der Waals surface area (Å²) in [6, 6.07) is 4.73. The largest absolute Gasteiger partial charge is 0.484 e. The van der Waals surface area contributed by atoms with E-state index in [0.717, 1.165) is 5.69 Å². The van der Waals surface area contributed by atoms with Crippen molar-refractivity contribution in [3.05, 3.63) is 40.4 Å². The molecule has 0 unspecified atom stereocenters. The van der Waals surface area contributed by atoms with Gasteiger partial charge in [-0.2, -0.15) is 5.10 Å². The zero-order valence-corrected chi connectivity index (χ0v) is 12.3. The number of aromatic nitrogens is 2. The summed E-state index contributed by atoms with van der Waals surface area (Å²) in [4.78, 5) is 0. The Morgan fingerprint density at radius 1 is 1.47 bits per heavy atom. The maximum atomic E-state index is 13.1. The normalized spacial score (nSPS) is 11.0. The zero-order valence-electron chi connectivity index (χ0n) is 10.7. The van der Waals surface area contributed by atoms with Crippen LogP contribution in [0.5, 0.6) is 5.75 Å². The van der Waals surface area contributed by atoms with Gasteiger partial charge in [-0.3, -0.25) is 4.68 Å². The molecule has 0 atom stereocenters. The summed E-state index contributed by atoms with van der Waals surface area (Å²) in [5.74, 6) is 0.0290. The zero-order chi connectivity index (χ0) is 14.0. The Bertz CT molecular complexity index is 560. The Morgan fingerprint density at radius 3 is 2.79 bits per heavy atom. The third-order valence-corrected chi connectivity index (χ3v) is 3.18. The molecule has 1 heterocycles. The van der Waals surface area contributed by atoms with Gasteiger partial charge in [0.2, 0.25) is 0 Å². The Hall–Kier alpha value is -1.56. The Balaban J connectivity index is 2.10. The molecule has 1 aromatic heterocycles. The number of halogens is 2. The van der Waals surface area contributed by atoms with Gasteiger partial charge in [0, 0.05) is 18.3 Å². The van der Waals surface area contributed by atoms with Crippen molar-refractivity contribution < 1.29 is 9.13 Å². The van der Waals surface area contributed by atoms with Crippen LogP contribution in [0.15, 0.2) is 28.9 Å². The van der Waals surface area contributed by atoms with Crippen LogP contribution in [0.2, 0.25) is 0 Å². The molecule has 19 heavy (non-hydrogen) atoms. The third-order valence-electron chi connectivity index (χ3n) is 2.59. The van der Waals surface area contributed by atoms with Crippen molar-refractivity contribution >= 4 is 21.6 Å². The summed E-state index contributed by atoms with van der Waals surface area (Å²) in [5, 5.41) is 4.36. The highest BCUT2D eigenvalue weighted by Gasteiger charge is 2.10. The first kappa shape index (κ1) is 13.9. The molecule has 0 aliphatic heterocycles. The van der Waals surface area contributed by atoms with E-state index in [9.17, 15) is 4.39 Å². The second kappa shape index (κ2) is 5.61. The number of hydrogen-bond acceptors (Lipinski definition) is 3. The molecular formula is C13H15BrFN3O. The lowest BCUT2D eigenvalue weighted by molar-refractivity contribution is 0.298. The molecule has 4 nitrogen and oxygen atoms in total. The van der Waals surface area contributed by atoms with E-state index in [1.807, 2.05) is 30.8 Å². The van der Waals surface area contributed by atoms with E-state index in [1.54, 1.807) is 0 Å². The van der Waals surface area contributed by atoms with Gasteiger partial charge in [-0.05, 0) is 41.9 Å². The molecule has 2 rings (SSSR count). The lowest BCUT2D eigenvalue weighted by atomic mass is 10.3. The maximum Gasteiger partial charge on any atom is 0.157 e. The number of ether oxygens (including phenoxy) is 1. The van der Waals surface area contributed by atoms with E-state index in [1.165, 1.54) is 12.1 Å². The summed E-state index contributed by atoms with van der Waals surface area (Å²) in [6.45, 7) is 4.38. The molecule has 2 N–H and O–H groups in total. The summed E-state index contributed by atoms with van der Waals surface area (Å²) in [6.07, 6.45) is 1.90. The third kappa shape index (κ3) is 3.26. The average molecular weight is 328 g/mol. The molecule has 0 radical (unpaired) electrons. The minimum Gasteiger partial charge on any atom is -0.484 e. The first-order valence-electron chi connectivity index (χ1n) is 5.88. The van der Waals surface area contributed by atoms with Crippen LogP contribution in [-0.4, -0.2) is 9.78 Å². The molecule has 0 fully saturated rings. The molecule has 0 saturated heterocycles. The molecule has 0 spiro atoms. The predicted octanol–water partition coefficient (Wildman–Crippen LogP) is 3.53. The van der Waals surface area contributed by atoms with E-state index in [2.05, 4.69) is 21.0 Å². The van der Waals surface area contributed by atoms with Crippen LogP contribution in [0.1, 0.15) is 25.6 Å². The minimum atomic E-state index is -0.402. The molecule has 0 bridgehead atoms. The summed E-state index contributed by atoms with van der Waals surface area (Å²) in [7, 11) is 0. The molecule has 0 amide bonds. The number of hydrogen-bond donors (Lipinski definition) is 1. The molecule has 102 valence electrons. The molecule has 0 aliphatic rings. The highest BCUT2D eigenvalue weighted by molar-refractivity contribution is 9.10. The van der Waals surface area contributed by atoms with Crippen molar-refractivity contribution in [3.8, 4) is 5.75 Å². The number of benzene rings is 1. The van der Waals surface area contributed by atoms with E-state index in [4.69, 9.17) is 10.5 Å². The number of nitrogen functional groups attached to an aromatic ring is 1. The van der Waals surface area contributed by atoms with Crippen LogP contribution >= 0.6 is 15.9 Å². The molecule has 2 aromatic rings. The van der Waals surface area contributed by atoms with Gasteiger partial charge in [-0.25, -0.2) is 4.39 Å². The smallest absolute Gasteiger partial charge is 0.157 e. The van der Waals surface area contributed by atoms with E-state index < -0.39 is 5.82 Å². The lowest BCUT2D eigenvalue weighted by Gasteiger charge is -2.10. The summed E-state index contributed by atoms with van der Waals surface area (Å²) in [5.41, 5.74) is 6.77. The van der Waals surface area contributed by atoms with Crippen LogP contribution in [0.3, 0.4) is 0 Å². The number of anilines is 1. The Labute approximate surface area is 119 Å². The van der Waals surface area contributed by atoms with Crippen molar-refractivity contribution in [3.63, 3.8) is 0 Å². The minimum absolute atomic E-state index is 0.259. The fraction of sp³-hybridized carbons (Fsp3) is 0.308. The first-order chi connectivity index (χ1) is 8.97. The SMILES string of the molecule is CC(C)n1ccc(COc2c(N)cc(F)cc2Br)n1. The van der Waals surface area contributed by atoms with Crippen LogP contribution in [0, 0.1) is 5.82 Å². The van der Waals surface area contributed by atoms with Crippen LogP contribution in [0.25, 0.3) is 0 Å². The van der Waals surface area contributed by atoms with Crippen molar-refractivity contribution in [2.24, 2.45) is 0 Å². The van der Waals surface area contributed by atoms with Crippen molar-refractivity contribution in [2.75, 3.05) is 5.73 Å². The standard InChI is InChI=1S/C13H15BrFN3O/c1-8(2)18-4-3-10(17-18)7-19-13-11(14)5-9(15)6-12(13)16/h3-6,8H,7,16H2,1-2H3. The van der Waals surface area contributed by atoms with Crippen molar-refractivity contribution in [2.45, 2.75) is 26.5 Å². The summed E-state index contributed by atoms with van der Waals surface area (Å²) >= 11 is 3.23. The molecule has 0 saturated carbocycles. The van der Waals surface area contributed by atoms with Gasteiger partial charge in [0.05, 0.1) is 15.9 Å². The van der Waals surface area contributed by atoms with E-state index >= 15 is 0 Å². The van der Waals surface area contributed by atoms with Crippen molar-refractivity contribution in [1.29, 1.82) is 0 Å². The van der Waals surface area contributed by atoms with E-state index in [-0.39, 0.29) is 12.3 Å². The number of rotatable bonds is 4. The average Bonchev–Trinajstić information content (AvgIpc) is 2.76. The lowest BCUT2D eigenvalue weighted by Crippen LogP contribution is -2.04. The Morgan fingerprint density at radius 2 is 2.21 bits per heavy atom. The first-order valence-corrected chi connectivity index (χ1v) is 6.68. The van der Waals surface area contributed by atoms with Gasteiger partial charge in [0.1, 0.15) is 12.4 Å². The predicted molar refractivity (Wildman–Crippen MR) is 75.5 cm³/mol. The van der Waals surface area contributed by atoms with Gasteiger partial charge >= 0.3 is 0 Å². The fourth-order valence-electron chi connectivity index (χ4n) is 1.62. The van der Waals surface area contributed by atoms with Crippen LogP contribution in [-0.2, 0) is 6.61 Å². The second-order valence-electron chi connectivity index (χ2n) is 4.48. The van der Waals surface area contributed by atoms with Gasteiger partial charge in [-0.1, -0.05) is 0 Å². The van der Waals surface area contributed by atoms with E-state index in [0.29, 0.717) is 16.3 Å². The molecular weight excluding hydrogens is 313 g/mol. The second-order valence-corrected chi connectivity index (χ2v) is 5.33. The van der Waals surface area contributed by atoms with Gasteiger partial charge < -0.3 is 10.5 Å². The highest BCUT2D eigenvalue weighted by Crippen LogP contribution is 2.32. The fourth-order valence-corrected chi connectivity index (χ4v) is 2.18. The van der Waals surface area contributed by atoms with Gasteiger partial charge in [-0.15, -0.1) is 0 Å². The molecule has 1 aromatic carbocycles. The number of nitrogens with two attached hydrogens (primary N) is 1.